The third-order valence-electron chi connectivity index (χ3n) is 3.17. The van der Waals surface area contributed by atoms with E-state index >= 15 is 0 Å². The first kappa shape index (κ1) is 14.6. The van der Waals surface area contributed by atoms with Crippen molar-refractivity contribution < 1.29 is 14.6 Å². The normalized spacial score (nSPS) is 12.5. The van der Waals surface area contributed by atoms with Crippen LogP contribution in [0.25, 0.3) is 0 Å². The number of methoxy groups -OCH3 is 1. The molecule has 0 aliphatic rings. The highest BCUT2D eigenvalue weighted by Gasteiger charge is 2.23. The van der Waals surface area contributed by atoms with Gasteiger partial charge in [0.05, 0.1) is 13.0 Å². The van der Waals surface area contributed by atoms with Crippen molar-refractivity contribution in [1.82, 2.24) is 0 Å². The maximum atomic E-state index is 11.4. The van der Waals surface area contributed by atoms with Gasteiger partial charge in [-0.2, -0.15) is 0 Å². The van der Waals surface area contributed by atoms with Crippen molar-refractivity contribution in [2.24, 2.45) is 0 Å². The fourth-order valence-corrected chi connectivity index (χ4v) is 2.08. The van der Waals surface area contributed by atoms with Gasteiger partial charge < -0.3 is 9.84 Å². The maximum absolute atomic E-state index is 11.4. The first-order chi connectivity index (χ1) is 8.51. The van der Waals surface area contributed by atoms with Gasteiger partial charge in [-0.25, -0.2) is 0 Å². The first-order valence-corrected chi connectivity index (χ1v) is 6.41. The van der Waals surface area contributed by atoms with Crippen molar-refractivity contribution in [1.29, 1.82) is 0 Å². The summed E-state index contributed by atoms with van der Waals surface area (Å²) in [5.41, 5.74) is 1.94. The van der Waals surface area contributed by atoms with Crippen LogP contribution in [0, 0.1) is 0 Å². The molecule has 0 aliphatic heterocycles. The van der Waals surface area contributed by atoms with Crippen LogP contribution in [0.1, 0.15) is 56.6 Å². The summed E-state index contributed by atoms with van der Waals surface area (Å²) < 4.78 is 5.29. The Morgan fingerprint density at radius 1 is 1.39 bits per heavy atom. The fraction of sp³-hybridized carbons (Fsp3) is 0.533. The van der Waals surface area contributed by atoms with Crippen molar-refractivity contribution in [2.75, 3.05) is 7.11 Å². The second kappa shape index (κ2) is 6.43. The highest BCUT2D eigenvalue weighted by Crippen LogP contribution is 2.32. The molecule has 0 aliphatic carbocycles. The van der Waals surface area contributed by atoms with Crippen LogP contribution in [0.5, 0.6) is 5.75 Å². The van der Waals surface area contributed by atoms with E-state index in [1.165, 1.54) is 0 Å². The zero-order chi connectivity index (χ0) is 13.7. The Bertz CT molecular complexity index is 410. The summed E-state index contributed by atoms with van der Waals surface area (Å²) in [4.78, 5) is 11.4. The highest BCUT2D eigenvalue weighted by atomic mass is 16.5. The molecule has 3 heteroatoms. The van der Waals surface area contributed by atoms with Crippen molar-refractivity contribution in [2.45, 2.75) is 45.4 Å². The molecule has 0 bridgehead atoms. The average Bonchev–Trinajstić information content (AvgIpc) is 2.34. The van der Waals surface area contributed by atoms with Crippen LogP contribution < -0.4 is 4.74 Å². The molecule has 1 aromatic carbocycles. The van der Waals surface area contributed by atoms with Crippen molar-refractivity contribution in [3.63, 3.8) is 0 Å². The van der Waals surface area contributed by atoms with Gasteiger partial charge in [0.15, 0.2) is 0 Å². The third kappa shape index (κ3) is 3.25. The van der Waals surface area contributed by atoms with Gasteiger partial charge in [-0.15, -0.1) is 0 Å². The van der Waals surface area contributed by atoms with Crippen LogP contribution in [0.15, 0.2) is 18.2 Å². The smallest absolute Gasteiger partial charge is 0.311 e. The Balaban J connectivity index is 3.24. The summed E-state index contributed by atoms with van der Waals surface area (Å²) in [6.07, 6.45) is 1.47. The number of hydrogen-bond donors (Lipinski definition) is 1. The number of carbonyl (C=O) groups is 1. The van der Waals surface area contributed by atoms with Gasteiger partial charge in [0, 0.05) is 5.56 Å². The minimum Gasteiger partial charge on any atom is -0.496 e. The maximum Gasteiger partial charge on any atom is 0.311 e. The second-order valence-electron chi connectivity index (χ2n) is 4.84. The topological polar surface area (TPSA) is 46.5 Å². The van der Waals surface area contributed by atoms with Gasteiger partial charge in [0.1, 0.15) is 5.75 Å². The Morgan fingerprint density at radius 3 is 2.50 bits per heavy atom. The lowest BCUT2D eigenvalue weighted by molar-refractivity contribution is -0.139. The average molecular weight is 250 g/mol. The standard InChI is InChI=1S/C15H22O3/c1-5-6-12(15(16)17)13-9-11(10(2)3)7-8-14(13)18-4/h7-10,12H,5-6H2,1-4H3,(H,16,17). The molecule has 3 nitrogen and oxygen atoms in total. The van der Waals surface area contributed by atoms with E-state index in [0.29, 0.717) is 18.1 Å². The molecule has 0 amide bonds. The molecule has 1 unspecified atom stereocenters. The SMILES string of the molecule is CCCC(C(=O)O)c1cc(C(C)C)ccc1OC. The molecular weight excluding hydrogens is 228 g/mol. The number of aliphatic carboxylic acids is 1. The Labute approximate surface area is 109 Å². The molecule has 0 spiro atoms. The largest absolute Gasteiger partial charge is 0.496 e. The van der Waals surface area contributed by atoms with Gasteiger partial charge in [0.25, 0.3) is 0 Å². The lowest BCUT2D eigenvalue weighted by Gasteiger charge is -2.18. The minimum atomic E-state index is -0.781. The molecule has 1 rings (SSSR count). The quantitative estimate of drug-likeness (QED) is 0.835. The number of ether oxygens (including phenoxy) is 1. The molecule has 0 saturated carbocycles. The molecule has 0 heterocycles. The summed E-state index contributed by atoms with van der Waals surface area (Å²) in [6, 6.07) is 5.84. The van der Waals surface area contributed by atoms with Gasteiger partial charge in [0.2, 0.25) is 0 Å². The van der Waals surface area contributed by atoms with Crippen molar-refractivity contribution >= 4 is 5.97 Å². The zero-order valence-electron chi connectivity index (χ0n) is 11.6. The molecule has 0 aromatic heterocycles. The third-order valence-corrected chi connectivity index (χ3v) is 3.17. The molecule has 1 atom stereocenters. The molecule has 0 radical (unpaired) electrons. The van der Waals surface area contributed by atoms with Gasteiger partial charge >= 0.3 is 5.97 Å². The van der Waals surface area contributed by atoms with Crippen LogP contribution in [0.3, 0.4) is 0 Å². The Kier molecular flexibility index (Phi) is 5.20. The predicted molar refractivity (Wildman–Crippen MR) is 72.4 cm³/mol. The van der Waals surface area contributed by atoms with E-state index in [1.807, 2.05) is 25.1 Å². The van der Waals surface area contributed by atoms with Crippen LogP contribution in [-0.2, 0) is 4.79 Å². The number of hydrogen-bond acceptors (Lipinski definition) is 2. The molecule has 0 saturated heterocycles. The minimum absolute atomic E-state index is 0.380. The van der Waals surface area contributed by atoms with Crippen molar-refractivity contribution in [3.05, 3.63) is 29.3 Å². The van der Waals surface area contributed by atoms with E-state index in [9.17, 15) is 9.90 Å². The van der Waals surface area contributed by atoms with Gasteiger partial charge in [-0.05, 0) is 24.0 Å². The molecule has 0 fully saturated rings. The summed E-state index contributed by atoms with van der Waals surface area (Å²) in [7, 11) is 1.58. The molecule has 1 N–H and O–H groups in total. The summed E-state index contributed by atoms with van der Waals surface area (Å²) in [5, 5.41) is 9.35. The monoisotopic (exact) mass is 250 g/mol. The van der Waals surface area contributed by atoms with Gasteiger partial charge in [-0.3, -0.25) is 4.79 Å². The van der Waals surface area contributed by atoms with Crippen LogP contribution in [0.2, 0.25) is 0 Å². The number of rotatable bonds is 6. The van der Waals surface area contributed by atoms with E-state index in [0.717, 1.165) is 17.5 Å². The van der Waals surface area contributed by atoms with E-state index < -0.39 is 11.9 Å². The van der Waals surface area contributed by atoms with Crippen LogP contribution in [0.4, 0.5) is 0 Å². The number of carboxylic acid groups (broad SMARTS) is 1. The lowest BCUT2D eigenvalue weighted by Crippen LogP contribution is -2.13. The zero-order valence-corrected chi connectivity index (χ0v) is 11.6. The van der Waals surface area contributed by atoms with Crippen molar-refractivity contribution in [3.8, 4) is 5.75 Å². The van der Waals surface area contributed by atoms with Crippen LogP contribution >= 0.6 is 0 Å². The Morgan fingerprint density at radius 2 is 2.06 bits per heavy atom. The Hall–Kier alpha value is -1.51. The number of carboxylic acids is 1. The predicted octanol–water partition coefficient (Wildman–Crippen LogP) is 3.79. The summed E-state index contributed by atoms with van der Waals surface area (Å²) in [5.74, 6) is -0.217. The summed E-state index contributed by atoms with van der Waals surface area (Å²) >= 11 is 0. The number of benzene rings is 1. The fourth-order valence-electron chi connectivity index (χ4n) is 2.08. The highest BCUT2D eigenvalue weighted by molar-refractivity contribution is 5.77. The van der Waals surface area contributed by atoms with E-state index in [2.05, 4.69) is 13.8 Å². The van der Waals surface area contributed by atoms with E-state index in [4.69, 9.17) is 4.74 Å². The molecule has 100 valence electrons. The summed E-state index contributed by atoms with van der Waals surface area (Å²) in [6.45, 7) is 6.19. The second-order valence-corrected chi connectivity index (χ2v) is 4.84. The lowest BCUT2D eigenvalue weighted by atomic mass is 9.90. The van der Waals surface area contributed by atoms with Gasteiger partial charge in [-0.1, -0.05) is 39.3 Å². The van der Waals surface area contributed by atoms with E-state index in [1.54, 1.807) is 7.11 Å². The molecule has 1 aromatic rings. The molecule has 18 heavy (non-hydrogen) atoms. The van der Waals surface area contributed by atoms with Crippen LogP contribution in [-0.4, -0.2) is 18.2 Å². The molecular formula is C15H22O3. The van der Waals surface area contributed by atoms with E-state index in [-0.39, 0.29) is 0 Å². The first-order valence-electron chi connectivity index (χ1n) is 6.41.